The third-order valence-corrected chi connectivity index (χ3v) is 3.83. The van der Waals surface area contributed by atoms with E-state index in [1.165, 1.54) is 0 Å². The van der Waals surface area contributed by atoms with Crippen LogP contribution in [0.15, 0.2) is 67.0 Å². The molecule has 0 unspecified atom stereocenters. The van der Waals surface area contributed by atoms with Gasteiger partial charge in [0.2, 0.25) is 0 Å². The van der Waals surface area contributed by atoms with Gasteiger partial charge in [-0.15, -0.1) is 0 Å². The van der Waals surface area contributed by atoms with Gasteiger partial charge in [0.1, 0.15) is 17.1 Å². The smallest absolute Gasteiger partial charge is 0.274 e. The first-order valence-electron chi connectivity index (χ1n) is 8.84. The van der Waals surface area contributed by atoms with Crippen molar-refractivity contribution in [2.24, 2.45) is 0 Å². The third kappa shape index (κ3) is 4.91. The van der Waals surface area contributed by atoms with E-state index in [9.17, 15) is 9.59 Å². The van der Waals surface area contributed by atoms with Crippen LogP contribution in [0, 0.1) is 0 Å². The molecule has 0 saturated carbocycles. The number of carbonyl (C=O) groups is 2. The maximum absolute atomic E-state index is 12.6. The van der Waals surface area contributed by atoms with Crippen LogP contribution in [0.1, 0.15) is 33.5 Å². The molecular weight excluding hydrogens is 356 g/mol. The minimum Gasteiger partial charge on any atom is -0.492 e. The highest BCUT2D eigenvalue weighted by atomic mass is 16.5. The monoisotopic (exact) mass is 376 g/mol. The average Bonchev–Trinajstić information content (AvgIpc) is 2.74. The van der Waals surface area contributed by atoms with Crippen molar-refractivity contribution in [3.63, 3.8) is 0 Å². The summed E-state index contributed by atoms with van der Waals surface area (Å²) in [6.45, 7) is 2.68. The number of aromatic nitrogens is 2. The topological polar surface area (TPSA) is 93.2 Å². The van der Waals surface area contributed by atoms with Gasteiger partial charge in [0, 0.05) is 18.9 Å². The lowest BCUT2D eigenvalue weighted by Gasteiger charge is -2.11. The number of hydrogen-bond acceptors (Lipinski definition) is 5. The molecule has 0 bridgehead atoms. The molecule has 3 aromatic rings. The van der Waals surface area contributed by atoms with Gasteiger partial charge in [-0.3, -0.25) is 14.6 Å². The Hall–Kier alpha value is -3.74. The minimum atomic E-state index is -0.422. The number of carbonyl (C=O) groups excluding carboxylic acids is 2. The van der Waals surface area contributed by atoms with Gasteiger partial charge in [-0.25, -0.2) is 4.98 Å². The van der Waals surface area contributed by atoms with E-state index < -0.39 is 5.91 Å². The Morgan fingerprint density at radius 3 is 2.50 bits per heavy atom. The highest BCUT2D eigenvalue weighted by Gasteiger charge is 2.14. The quantitative estimate of drug-likeness (QED) is 0.661. The summed E-state index contributed by atoms with van der Waals surface area (Å²) < 4.78 is 5.51. The lowest BCUT2D eigenvalue weighted by atomic mass is 10.2. The van der Waals surface area contributed by atoms with Crippen molar-refractivity contribution < 1.29 is 14.3 Å². The van der Waals surface area contributed by atoms with E-state index in [0.717, 1.165) is 5.56 Å². The van der Waals surface area contributed by atoms with Crippen molar-refractivity contribution >= 4 is 17.5 Å². The van der Waals surface area contributed by atoms with E-state index in [-0.39, 0.29) is 17.3 Å². The Morgan fingerprint density at radius 2 is 1.75 bits per heavy atom. The van der Waals surface area contributed by atoms with Crippen molar-refractivity contribution in [1.29, 1.82) is 0 Å². The van der Waals surface area contributed by atoms with Crippen molar-refractivity contribution in [3.8, 4) is 5.75 Å². The Kier molecular flexibility index (Phi) is 6.30. The number of para-hydroxylation sites is 2. The van der Waals surface area contributed by atoms with E-state index in [1.54, 1.807) is 54.9 Å². The number of hydrogen-bond donors (Lipinski definition) is 2. The van der Waals surface area contributed by atoms with Crippen LogP contribution < -0.4 is 15.4 Å². The molecule has 0 aliphatic rings. The van der Waals surface area contributed by atoms with Gasteiger partial charge in [0.05, 0.1) is 12.3 Å². The summed E-state index contributed by atoms with van der Waals surface area (Å²) in [6.07, 6.45) is 3.34. The molecule has 1 aromatic carbocycles. The molecule has 0 atom stereocenters. The second kappa shape index (κ2) is 9.27. The number of anilines is 1. The maximum atomic E-state index is 12.6. The average molecular weight is 376 g/mol. The standard InChI is InChI=1S/C21H20N4O3/c1-2-28-19-11-4-3-8-16(19)25-21(27)18-10-5-9-17(24-18)20(26)23-14-15-7-6-12-22-13-15/h3-13H,2,14H2,1H3,(H,23,26)(H,25,27). The van der Waals surface area contributed by atoms with Gasteiger partial charge in [-0.1, -0.05) is 24.3 Å². The van der Waals surface area contributed by atoms with Crippen LogP contribution >= 0.6 is 0 Å². The van der Waals surface area contributed by atoms with Crippen molar-refractivity contribution in [2.45, 2.75) is 13.5 Å². The molecule has 0 fully saturated rings. The van der Waals surface area contributed by atoms with Gasteiger partial charge >= 0.3 is 0 Å². The molecule has 2 amide bonds. The van der Waals surface area contributed by atoms with Gasteiger partial charge in [-0.2, -0.15) is 0 Å². The molecule has 7 heteroatoms. The highest BCUT2D eigenvalue weighted by molar-refractivity contribution is 6.04. The van der Waals surface area contributed by atoms with E-state index in [4.69, 9.17) is 4.74 Å². The van der Waals surface area contributed by atoms with Gasteiger partial charge in [0.25, 0.3) is 11.8 Å². The number of pyridine rings is 2. The number of amides is 2. The molecule has 0 saturated heterocycles. The van der Waals surface area contributed by atoms with Crippen LogP contribution in [0.2, 0.25) is 0 Å². The predicted octanol–water partition coefficient (Wildman–Crippen LogP) is 3.06. The summed E-state index contributed by atoms with van der Waals surface area (Å²) in [7, 11) is 0. The van der Waals surface area contributed by atoms with E-state index in [2.05, 4.69) is 20.6 Å². The van der Waals surface area contributed by atoms with Crippen LogP contribution in [0.5, 0.6) is 5.75 Å². The number of ether oxygens (including phenoxy) is 1. The zero-order valence-electron chi connectivity index (χ0n) is 15.4. The van der Waals surface area contributed by atoms with Crippen molar-refractivity contribution in [3.05, 3.63) is 83.9 Å². The van der Waals surface area contributed by atoms with Gasteiger partial charge in [0.15, 0.2) is 0 Å². The normalized spacial score (nSPS) is 10.2. The van der Waals surface area contributed by atoms with Crippen LogP contribution in [0.25, 0.3) is 0 Å². The Balaban J connectivity index is 1.68. The maximum Gasteiger partial charge on any atom is 0.274 e. The van der Waals surface area contributed by atoms with E-state index in [1.807, 2.05) is 19.1 Å². The summed E-state index contributed by atoms with van der Waals surface area (Å²) in [5, 5.41) is 5.53. The number of rotatable bonds is 7. The molecule has 0 aliphatic heterocycles. The summed E-state index contributed by atoms with van der Waals surface area (Å²) in [5.74, 6) is -0.217. The van der Waals surface area contributed by atoms with Crippen LogP contribution in [-0.2, 0) is 6.54 Å². The molecular formula is C21H20N4O3. The second-order valence-electron chi connectivity index (χ2n) is 5.84. The molecule has 0 aliphatic carbocycles. The lowest BCUT2D eigenvalue weighted by Crippen LogP contribution is -2.25. The number of benzene rings is 1. The van der Waals surface area contributed by atoms with E-state index in [0.29, 0.717) is 24.6 Å². The summed E-state index contributed by atoms with van der Waals surface area (Å²) in [4.78, 5) is 33.1. The predicted molar refractivity (Wildman–Crippen MR) is 105 cm³/mol. The fourth-order valence-corrected chi connectivity index (χ4v) is 2.50. The number of nitrogens with zero attached hydrogens (tertiary/aromatic N) is 2. The summed E-state index contributed by atoms with van der Waals surface area (Å²) in [6, 6.07) is 15.5. The van der Waals surface area contributed by atoms with Crippen LogP contribution in [0.4, 0.5) is 5.69 Å². The fourth-order valence-electron chi connectivity index (χ4n) is 2.50. The Morgan fingerprint density at radius 1 is 0.964 bits per heavy atom. The van der Waals surface area contributed by atoms with Gasteiger partial charge < -0.3 is 15.4 Å². The van der Waals surface area contributed by atoms with Gasteiger partial charge in [-0.05, 0) is 42.8 Å². The third-order valence-electron chi connectivity index (χ3n) is 3.83. The summed E-state index contributed by atoms with van der Waals surface area (Å²) >= 11 is 0. The molecule has 2 aromatic heterocycles. The first-order chi connectivity index (χ1) is 13.7. The molecule has 142 valence electrons. The zero-order valence-corrected chi connectivity index (χ0v) is 15.4. The van der Waals surface area contributed by atoms with Crippen LogP contribution in [-0.4, -0.2) is 28.4 Å². The van der Waals surface area contributed by atoms with Crippen molar-refractivity contribution in [2.75, 3.05) is 11.9 Å². The zero-order chi connectivity index (χ0) is 19.8. The number of nitrogens with one attached hydrogen (secondary N) is 2. The van der Waals surface area contributed by atoms with Crippen LogP contribution in [0.3, 0.4) is 0 Å². The molecule has 28 heavy (non-hydrogen) atoms. The second-order valence-corrected chi connectivity index (χ2v) is 5.84. The fraction of sp³-hybridized carbons (Fsp3) is 0.143. The van der Waals surface area contributed by atoms with Crippen molar-refractivity contribution in [1.82, 2.24) is 15.3 Å². The molecule has 2 heterocycles. The summed E-state index contributed by atoms with van der Waals surface area (Å²) in [5.41, 5.74) is 1.72. The minimum absolute atomic E-state index is 0.139. The molecule has 7 nitrogen and oxygen atoms in total. The molecule has 2 N–H and O–H groups in total. The lowest BCUT2D eigenvalue weighted by molar-refractivity contribution is 0.0945. The molecule has 3 rings (SSSR count). The first kappa shape index (κ1) is 19.0. The highest BCUT2D eigenvalue weighted by Crippen LogP contribution is 2.24. The molecule has 0 radical (unpaired) electrons. The molecule has 0 spiro atoms. The SMILES string of the molecule is CCOc1ccccc1NC(=O)c1cccc(C(=O)NCc2cccnc2)n1. The largest absolute Gasteiger partial charge is 0.492 e. The Labute approximate surface area is 162 Å². The first-order valence-corrected chi connectivity index (χ1v) is 8.84. The Bertz CT molecular complexity index is 961. The van der Waals surface area contributed by atoms with E-state index >= 15 is 0 Å².